The van der Waals surface area contributed by atoms with Gasteiger partial charge in [0.25, 0.3) is 0 Å². The van der Waals surface area contributed by atoms with E-state index in [0.717, 1.165) is 11.3 Å². The molecule has 0 amide bonds. The van der Waals surface area contributed by atoms with E-state index in [1.807, 2.05) is 26.0 Å². The quantitative estimate of drug-likeness (QED) is 0.809. The van der Waals surface area contributed by atoms with Crippen molar-refractivity contribution in [3.05, 3.63) is 58.2 Å². The largest absolute Gasteiger partial charge is 0.453 e. The van der Waals surface area contributed by atoms with Gasteiger partial charge in [-0.2, -0.15) is 0 Å². The SMILES string of the molecule is C[C@H](C[C@@H](O)c1ccc(F)cc1)N[C@@H](C)c1ccc(Br)o1. The van der Waals surface area contributed by atoms with Crippen molar-refractivity contribution in [3.63, 3.8) is 0 Å². The topological polar surface area (TPSA) is 45.4 Å². The molecule has 2 aromatic rings. The summed E-state index contributed by atoms with van der Waals surface area (Å²) in [4.78, 5) is 0. The second kappa shape index (κ2) is 7.20. The Morgan fingerprint density at radius 3 is 2.43 bits per heavy atom. The van der Waals surface area contributed by atoms with Crippen LogP contribution in [0.25, 0.3) is 0 Å². The van der Waals surface area contributed by atoms with E-state index in [9.17, 15) is 9.50 Å². The van der Waals surface area contributed by atoms with Gasteiger partial charge in [-0.15, -0.1) is 0 Å². The molecule has 0 spiro atoms. The number of nitrogens with one attached hydrogen (secondary N) is 1. The second-order valence-corrected chi connectivity index (χ2v) is 6.02. The minimum absolute atomic E-state index is 0.0479. The number of hydrogen-bond donors (Lipinski definition) is 2. The molecule has 0 unspecified atom stereocenters. The Kier molecular flexibility index (Phi) is 5.56. The molecule has 1 heterocycles. The maximum atomic E-state index is 12.9. The zero-order valence-corrected chi connectivity index (χ0v) is 13.6. The van der Waals surface area contributed by atoms with Crippen LogP contribution in [0.3, 0.4) is 0 Å². The molecule has 0 aliphatic carbocycles. The van der Waals surface area contributed by atoms with Crippen molar-refractivity contribution in [3.8, 4) is 0 Å². The minimum Gasteiger partial charge on any atom is -0.453 e. The van der Waals surface area contributed by atoms with Crippen LogP contribution < -0.4 is 5.32 Å². The fourth-order valence-corrected chi connectivity index (χ4v) is 2.61. The summed E-state index contributed by atoms with van der Waals surface area (Å²) >= 11 is 3.28. The molecule has 0 aliphatic rings. The van der Waals surface area contributed by atoms with Gasteiger partial charge in [0, 0.05) is 6.04 Å². The van der Waals surface area contributed by atoms with E-state index in [2.05, 4.69) is 21.2 Å². The number of furan rings is 1. The Morgan fingerprint density at radius 1 is 1.19 bits per heavy atom. The fraction of sp³-hybridized carbons (Fsp3) is 0.375. The molecule has 1 aromatic heterocycles. The summed E-state index contributed by atoms with van der Waals surface area (Å²) in [6.45, 7) is 4.01. The van der Waals surface area contributed by atoms with Crippen LogP contribution in [0, 0.1) is 5.82 Å². The van der Waals surface area contributed by atoms with E-state index in [-0.39, 0.29) is 17.9 Å². The summed E-state index contributed by atoms with van der Waals surface area (Å²) in [6.07, 6.45) is -0.0821. The highest BCUT2D eigenvalue weighted by molar-refractivity contribution is 9.10. The zero-order chi connectivity index (χ0) is 15.4. The van der Waals surface area contributed by atoms with Crippen LogP contribution >= 0.6 is 15.9 Å². The lowest BCUT2D eigenvalue weighted by molar-refractivity contribution is 0.151. The highest BCUT2D eigenvalue weighted by Crippen LogP contribution is 2.23. The van der Waals surface area contributed by atoms with Crippen molar-refractivity contribution in [2.75, 3.05) is 0 Å². The van der Waals surface area contributed by atoms with Gasteiger partial charge in [-0.1, -0.05) is 12.1 Å². The summed E-state index contributed by atoms with van der Waals surface area (Å²) in [5.41, 5.74) is 0.721. The van der Waals surface area contributed by atoms with Gasteiger partial charge < -0.3 is 14.8 Å². The van der Waals surface area contributed by atoms with Crippen molar-refractivity contribution >= 4 is 15.9 Å². The van der Waals surface area contributed by atoms with Crippen molar-refractivity contribution in [1.82, 2.24) is 5.32 Å². The van der Waals surface area contributed by atoms with E-state index in [0.29, 0.717) is 11.1 Å². The van der Waals surface area contributed by atoms with Crippen LogP contribution in [0.15, 0.2) is 45.5 Å². The number of aliphatic hydroxyl groups is 1. The van der Waals surface area contributed by atoms with Gasteiger partial charge in [0.15, 0.2) is 4.67 Å². The lowest BCUT2D eigenvalue weighted by Gasteiger charge is -2.21. The molecule has 3 atom stereocenters. The highest BCUT2D eigenvalue weighted by Gasteiger charge is 2.16. The first-order valence-electron chi connectivity index (χ1n) is 6.90. The first-order chi connectivity index (χ1) is 9.95. The molecule has 0 radical (unpaired) electrons. The third kappa shape index (κ3) is 4.66. The van der Waals surface area contributed by atoms with E-state index in [1.54, 1.807) is 12.1 Å². The lowest BCUT2D eigenvalue weighted by atomic mass is 10.0. The van der Waals surface area contributed by atoms with E-state index >= 15 is 0 Å². The summed E-state index contributed by atoms with van der Waals surface area (Å²) in [5.74, 6) is 0.541. The van der Waals surface area contributed by atoms with Gasteiger partial charge in [-0.3, -0.25) is 0 Å². The van der Waals surface area contributed by atoms with Crippen LogP contribution in [0.4, 0.5) is 4.39 Å². The van der Waals surface area contributed by atoms with E-state index in [1.165, 1.54) is 12.1 Å². The molecule has 5 heteroatoms. The predicted molar refractivity (Wildman–Crippen MR) is 83.4 cm³/mol. The van der Waals surface area contributed by atoms with E-state index < -0.39 is 6.10 Å². The van der Waals surface area contributed by atoms with Crippen molar-refractivity contribution in [2.24, 2.45) is 0 Å². The minimum atomic E-state index is -0.622. The lowest BCUT2D eigenvalue weighted by Crippen LogP contribution is -2.30. The van der Waals surface area contributed by atoms with Gasteiger partial charge >= 0.3 is 0 Å². The first-order valence-corrected chi connectivity index (χ1v) is 7.70. The summed E-state index contributed by atoms with van der Waals surface area (Å²) in [7, 11) is 0. The van der Waals surface area contributed by atoms with Crippen LogP contribution in [0.5, 0.6) is 0 Å². The average molecular weight is 356 g/mol. The third-order valence-corrected chi connectivity index (χ3v) is 3.81. The van der Waals surface area contributed by atoms with Gasteiger partial charge in [-0.05, 0) is 66.0 Å². The van der Waals surface area contributed by atoms with Crippen LogP contribution in [0.2, 0.25) is 0 Å². The molecular weight excluding hydrogens is 337 g/mol. The number of hydrogen-bond acceptors (Lipinski definition) is 3. The number of halogens is 2. The van der Waals surface area contributed by atoms with E-state index in [4.69, 9.17) is 4.42 Å². The summed E-state index contributed by atoms with van der Waals surface area (Å²) in [5, 5.41) is 13.5. The molecule has 114 valence electrons. The third-order valence-electron chi connectivity index (χ3n) is 3.39. The van der Waals surface area contributed by atoms with Crippen LogP contribution in [-0.2, 0) is 0 Å². The Morgan fingerprint density at radius 2 is 1.86 bits per heavy atom. The second-order valence-electron chi connectivity index (χ2n) is 5.23. The summed E-state index contributed by atoms with van der Waals surface area (Å²) in [6, 6.07) is 9.84. The first kappa shape index (κ1) is 16.2. The Labute approximate surface area is 132 Å². The molecule has 0 saturated heterocycles. The molecule has 0 bridgehead atoms. The average Bonchev–Trinajstić information content (AvgIpc) is 2.86. The van der Waals surface area contributed by atoms with Gasteiger partial charge in [0.05, 0.1) is 12.1 Å². The Balaban J connectivity index is 1.88. The number of benzene rings is 1. The molecule has 2 rings (SSSR count). The maximum absolute atomic E-state index is 12.9. The highest BCUT2D eigenvalue weighted by atomic mass is 79.9. The standard InChI is InChI=1S/C16H19BrFNO2/c1-10(19-11(2)15-7-8-16(17)21-15)9-14(20)12-3-5-13(18)6-4-12/h3-8,10-11,14,19-20H,9H2,1-2H3/t10-,11+,14-/m1/s1. The molecule has 0 fully saturated rings. The predicted octanol–water partition coefficient (Wildman–Crippen LogP) is 4.34. The van der Waals surface area contributed by atoms with Crippen LogP contribution in [-0.4, -0.2) is 11.1 Å². The molecular formula is C16H19BrFNO2. The Bertz CT molecular complexity index is 570. The smallest absolute Gasteiger partial charge is 0.169 e. The summed E-state index contributed by atoms with van der Waals surface area (Å²) < 4.78 is 19.1. The van der Waals surface area contributed by atoms with Crippen molar-refractivity contribution in [1.29, 1.82) is 0 Å². The van der Waals surface area contributed by atoms with Gasteiger partial charge in [-0.25, -0.2) is 4.39 Å². The molecule has 0 saturated carbocycles. The van der Waals surface area contributed by atoms with Gasteiger partial charge in [0.1, 0.15) is 11.6 Å². The fourth-order valence-electron chi connectivity index (χ4n) is 2.29. The van der Waals surface area contributed by atoms with Gasteiger partial charge in [0.2, 0.25) is 0 Å². The van der Waals surface area contributed by atoms with Crippen molar-refractivity contribution < 1.29 is 13.9 Å². The Hall–Kier alpha value is -1.17. The molecule has 1 aromatic carbocycles. The number of aliphatic hydroxyl groups excluding tert-OH is 1. The maximum Gasteiger partial charge on any atom is 0.169 e. The van der Waals surface area contributed by atoms with Crippen LogP contribution in [0.1, 0.15) is 43.7 Å². The molecule has 2 N–H and O–H groups in total. The molecule has 21 heavy (non-hydrogen) atoms. The molecule has 3 nitrogen and oxygen atoms in total. The zero-order valence-electron chi connectivity index (χ0n) is 12.0. The molecule has 0 aliphatic heterocycles. The monoisotopic (exact) mass is 355 g/mol. The van der Waals surface area contributed by atoms with Crippen molar-refractivity contribution in [2.45, 2.75) is 38.5 Å². The number of rotatable bonds is 6. The normalized spacial score (nSPS) is 15.7.